The second-order valence-corrected chi connectivity index (χ2v) is 7.78. The van der Waals surface area contributed by atoms with Gasteiger partial charge in [0.25, 0.3) is 0 Å². The van der Waals surface area contributed by atoms with E-state index in [9.17, 15) is 8.42 Å². The molecule has 0 amide bonds. The summed E-state index contributed by atoms with van der Waals surface area (Å²) < 4.78 is 26.0. The first-order valence-electron chi connectivity index (χ1n) is 6.51. The van der Waals surface area contributed by atoms with Crippen LogP contribution in [0.25, 0.3) is 0 Å². The quantitative estimate of drug-likeness (QED) is 0.814. The van der Waals surface area contributed by atoms with Crippen LogP contribution in [0.4, 0.5) is 0 Å². The SMILES string of the molecule is CCCC(C)CS(=O)(=O)N1CCC(C)(CN)C1.Cl. The van der Waals surface area contributed by atoms with Crippen molar-refractivity contribution in [3.63, 3.8) is 0 Å². The van der Waals surface area contributed by atoms with E-state index < -0.39 is 10.0 Å². The van der Waals surface area contributed by atoms with Gasteiger partial charge < -0.3 is 5.73 Å². The molecule has 2 N–H and O–H groups in total. The molecular weight excluding hydrogens is 272 g/mol. The van der Waals surface area contributed by atoms with Crippen LogP contribution in [0.5, 0.6) is 0 Å². The van der Waals surface area contributed by atoms with Gasteiger partial charge in [-0.05, 0) is 30.7 Å². The zero-order valence-electron chi connectivity index (χ0n) is 11.7. The molecule has 1 fully saturated rings. The molecule has 18 heavy (non-hydrogen) atoms. The summed E-state index contributed by atoms with van der Waals surface area (Å²) in [6, 6.07) is 0. The number of hydrogen-bond acceptors (Lipinski definition) is 3. The maximum Gasteiger partial charge on any atom is 0.214 e. The molecule has 4 nitrogen and oxygen atoms in total. The third kappa shape index (κ3) is 4.68. The van der Waals surface area contributed by atoms with Gasteiger partial charge in [-0.2, -0.15) is 0 Å². The number of rotatable bonds is 6. The van der Waals surface area contributed by atoms with Gasteiger partial charge in [-0.25, -0.2) is 12.7 Å². The molecule has 1 heterocycles. The lowest BCUT2D eigenvalue weighted by atomic mass is 9.90. The van der Waals surface area contributed by atoms with E-state index in [2.05, 4.69) is 13.8 Å². The Morgan fingerprint density at radius 2 is 2.06 bits per heavy atom. The fourth-order valence-electron chi connectivity index (χ4n) is 2.42. The molecule has 0 aromatic carbocycles. The van der Waals surface area contributed by atoms with Gasteiger partial charge >= 0.3 is 0 Å². The van der Waals surface area contributed by atoms with E-state index in [1.165, 1.54) is 0 Å². The highest BCUT2D eigenvalue weighted by Gasteiger charge is 2.38. The van der Waals surface area contributed by atoms with E-state index in [1.807, 2.05) is 6.92 Å². The predicted molar refractivity (Wildman–Crippen MR) is 78.5 cm³/mol. The topological polar surface area (TPSA) is 63.4 Å². The first-order chi connectivity index (χ1) is 7.83. The summed E-state index contributed by atoms with van der Waals surface area (Å²) in [5, 5.41) is 0. The molecule has 0 radical (unpaired) electrons. The highest BCUT2D eigenvalue weighted by Crippen LogP contribution is 2.31. The second-order valence-electron chi connectivity index (χ2n) is 5.77. The van der Waals surface area contributed by atoms with Crippen LogP contribution in [0.1, 0.15) is 40.0 Å². The average molecular weight is 299 g/mol. The Morgan fingerprint density at radius 1 is 1.44 bits per heavy atom. The molecule has 1 aliphatic heterocycles. The minimum atomic E-state index is -3.08. The van der Waals surface area contributed by atoms with Crippen LogP contribution in [-0.4, -0.2) is 38.1 Å². The molecule has 2 unspecified atom stereocenters. The van der Waals surface area contributed by atoms with Crippen LogP contribution in [0.2, 0.25) is 0 Å². The van der Waals surface area contributed by atoms with E-state index in [-0.39, 0.29) is 29.5 Å². The number of hydrogen-bond donors (Lipinski definition) is 1. The van der Waals surface area contributed by atoms with Gasteiger partial charge in [0.1, 0.15) is 0 Å². The third-order valence-corrected chi connectivity index (χ3v) is 5.77. The standard InChI is InChI=1S/C12H26N2O2S.ClH/c1-4-5-11(2)8-17(15,16)14-7-6-12(3,9-13)10-14;/h11H,4-10,13H2,1-3H3;1H. The van der Waals surface area contributed by atoms with Crippen molar-refractivity contribution < 1.29 is 8.42 Å². The van der Waals surface area contributed by atoms with E-state index >= 15 is 0 Å². The summed E-state index contributed by atoms with van der Waals surface area (Å²) in [5.41, 5.74) is 5.67. The van der Waals surface area contributed by atoms with Crippen LogP contribution in [0.15, 0.2) is 0 Å². The molecule has 0 aromatic heterocycles. The molecular formula is C12H27ClN2O2S. The highest BCUT2D eigenvalue weighted by molar-refractivity contribution is 7.89. The molecule has 0 spiro atoms. The van der Waals surface area contributed by atoms with Crippen LogP contribution in [-0.2, 0) is 10.0 Å². The Hall–Kier alpha value is 0.160. The van der Waals surface area contributed by atoms with E-state index in [4.69, 9.17) is 5.73 Å². The Labute approximate surface area is 118 Å². The molecule has 2 atom stereocenters. The number of nitrogens with two attached hydrogens (primary N) is 1. The summed E-state index contributed by atoms with van der Waals surface area (Å²) in [6.45, 7) is 7.95. The van der Waals surface area contributed by atoms with Crippen molar-refractivity contribution >= 4 is 22.4 Å². The molecule has 1 aliphatic rings. The Morgan fingerprint density at radius 3 is 2.50 bits per heavy atom. The van der Waals surface area contributed by atoms with Gasteiger partial charge in [0.15, 0.2) is 0 Å². The van der Waals surface area contributed by atoms with Crippen molar-refractivity contribution in [2.75, 3.05) is 25.4 Å². The fraction of sp³-hybridized carbons (Fsp3) is 1.00. The summed E-state index contributed by atoms with van der Waals surface area (Å²) in [6.07, 6.45) is 2.89. The number of sulfonamides is 1. The molecule has 1 saturated heterocycles. The molecule has 110 valence electrons. The normalized spacial score (nSPS) is 26.9. The van der Waals surface area contributed by atoms with Crippen LogP contribution >= 0.6 is 12.4 Å². The minimum Gasteiger partial charge on any atom is -0.330 e. The van der Waals surface area contributed by atoms with Crippen molar-refractivity contribution in [1.82, 2.24) is 4.31 Å². The molecule has 0 aromatic rings. The third-order valence-electron chi connectivity index (χ3n) is 3.69. The van der Waals surface area contributed by atoms with Crippen LogP contribution in [0.3, 0.4) is 0 Å². The van der Waals surface area contributed by atoms with Crippen LogP contribution < -0.4 is 5.73 Å². The predicted octanol–water partition coefficient (Wildman–Crippen LogP) is 1.84. The zero-order valence-corrected chi connectivity index (χ0v) is 13.3. The highest BCUT2D eigenvalue weighted by atomic mass is 35.5. The number of halogens is 1. The van der Waals surface area contributed by atoms with Gasteiger partial charge in [0.2, 0.25) is 10.0 Å². The lowest BCUT2D eigenvalue weighted by Crippen LogP contribution is -2.36. The van der Waals surface area contributed by atoms with Gasteiger partial charge in [0, 0.05) is 13.1 Å². The van der Waals surface area contributed by atoms with Gasteiger partial charge in [0.05, 0.1) is 5.75 Å². The number of nitrogens with zero attached hydrogens (tertiary/aromatic N) is 1. The summed E-state index contributed by atoms with van der Waals surface area (Å²) in [7, 11) is -3.08. The summed E-state index contributed by atoms with van der Waals surface area (Å²) >= 11 is 0. The van der Waals surface area contributed by atoms with Gasteiger partial charge in [-0.3, -0.25) is 0 Å². The Balaban J connectivity index is 0.00000289. The summed E-state index contributed by atoms with van der Waals surface area (Å²) in [4.78, 5) is 0. The van der Waals surface area contributed by atoms with Crippen molar-refractivity contribution in [1.29, 1.82) is 0 Å². The lowest BCUT2D eigenvalue weighted by Gasteiger charge is -2.23. The largest absolute Gasteiger partial charge is 0.330 e. The van der Waals surface area contributed by atoms with Crippen LogP contribution in [0, 0.1) is 11.3 Å². The monoisotopic (exact) mass is 298 g/mol. The maximum absolute atomic E-state index is 12.2. The Bertz CT molecular complexity index is 348. The fourth-order valence-corrected chi connectivity index (χ4v) is 4.40. The van der Waals surface area contributed by atoms with Crippen molar-refractivity contribution in [2.45, 2.75) is 40.0 Å². The molecule has 0 bridgehead atoms. The van der Waals surface area contributed by atoms with E-state index in [0.717, 1.165) is 19.3 Å². The summed E-state index contributed by atoms with van der Waals surface area (Å²) in [5.74, 6) is 0.524. The van der Waals surface area contributed by atoms with Gasteiger partial charge in [-0.1, -0.05) is 27.2 Å². The molecule has 1 rings (SSSR count). The minimum absolute atomic E-state index is 0. The Kier molecular flexibility index (Phi) is 7.14. The smallest absolute Gasteiger partial charge is 0.214 e. The lowest BCUT2D eigenvalue weighted by molar-refractivity contribution is 0.348. The molecule has 0 aliphatic carbocycles. The second kappa shape index (κ2) is 7.08. The molecule has 0 saturated carbocycles. The van der Waals surface area contributed by atoms with Crippen molar-refractivity contribution in [2.24, 2.45) is 17.1 Å². The van der Waals surface area contributed by atoms with E-state index in [1.54, 1.807) is 4.31 Å². The van der Waals surface area contributed by atoms with Crippen molar-refractivity contribution in [3.05, 3.63) is 0 Å². The molecule has 6 heteroatoms. The van der Waals surface area contributed by atoms with Crippen molar-refractivity contribution in [3.8, 4) is 0 Å². The first kappa shape index (κ1) is 18.2. The zero-order chi connectivity index (χ0) is 13.1. The average Bonchev–Trinajstić information content (AvgIpc) is 2.62. The maximum atomic E-state index is 12.2. The van der Waals surface area contributed by atoms with Gasteiger partial charge in [-0.15, -0.1) is 12.4 Å². The first-order valence-corrected chi connectivity index (χ1v) is 8.12. The van der Waals surface area contributed by atoms with E-state index in [0.29, 0.717) is 19.6 Å².